The van der Waals surface area contributed by atoms with Crippen molar-refractivity contribution in [2.75, 3.05) is 11.1 Å². The molecule has 108 valence electrons. The number of nitriles is 1. The summed E-state index contributed by atoms with van der Waals surface area (Å²) in [5.74, 6) is 0.692. The van der Waals surface area contributed by atoms with Gasteiger partial charge in [-0.1, -0.05) is 11.6 Å². The molecule has 0 atom stereocenters. The van der Waals surface area contributed by atoms with Crippen molar-refractivity contribution in [2.45, 2.75) is 20.0 Å². The molecule has 0 aliphatic carbocycles. The van der Waals surface area contributed by atoms with E-state index in [1.54, 1.807) is 30.3 Å². The maximum absolute atomic E-state index is 8.84. The highest BCUT2D eigenvalue weighted by atomic mass is 35.5. The normalized spacial score (nSPS) is 10.2. The number of hydrogen-bond acceptors (Lipinski definition) is 4. The van der Waals surface area contributed by atoms with Crippen LogP contribution in [0, 0.1) is 11.3 Å². The molecule has 0 aliphatic rings. The number of halogens is 1. The second-order valence-corrected chi connectivity index (χ2v) is 5.30. The van der Waals surface area contributed by atoms with Gasteiger partial charge in [0.25, 0.3) is 0 Å². The first-order valence-electron chi connectivity index (χ1n) is 6.52. The van der Waals surface area contributed by atoms with E-state index < -0.39 is 0 Å². The Kier molecular flexibility index (Phi) is 4.56. The summed E-state index contributed by atoms with van der Waals surface area (Å²) in [6, 6.07) is 12.5. The average Bonchev–Trinajstić information content (AvgIpc) is 2.39. The highest BCUT2D eigenvalue weighted by Gasteiger charge is 2.06. The topological polar surface area (TPSA) is 71.1 Å². The lowest BCUT2D eigenvalue weighted by Crippen LogP contribution is -2.06. The van der Waals surface area contributed by atoms with Gasteiger partial charge in [-0.25, -0.2) is 0 Å². The molecule has 0 radical (unpaired) electrons. The van der Waals surface area contributed by atoms with E-state index in [0.717, 1.165) is 5.69 Å². The molecule has 5 heteroatoms. The van der Waals surface area contributed by atoms with Crippen molar-refractivity contribution in [1.29, 1.82) is 5.26 Å². The SMILES string of the molecule is CC(C)Oc1cc(N)cc(Nc2ccc(C#N)cc2Cl)c1. The Hall–Kier alpha value is -2.38. The van der Waals surface area contributed by atoms with Crippen LogP contribution in [0.2, 0.25) is 5.02 Å². The summed E-state index contributed by atoms with van der Waals surface area (Å²) in [6.07, 6.45) is 0.0677. The first kappa shape index (κ1) is 15.0. The molecule has 2 aromatic carbocycles. The minimum Gasteiger partial charge on any atom is -0.491 e. The van der Waals surface area contributed by atoms with E-state index in [2.05, 4.69) is 5.32 Å². The molecule has 3 N–H and O–H groups in total. The summed E-state index contributed by atoms with van der Waals surface area (Å²) >= 11 is 6.15. The minimum absolute atomic E-state index is 0.0677. The number of nitrogens with two attached hydrogens (primary N) is 1. The van der Waals surface area contributed by atoms with Gasteiger partial charge in [-0.05, 0) is 38.1 Å². The van der Waals surface area contributed by atoms with Crippen LogP contribution < -0.4 is 15.8 Å². The molecule has 2 rings (SSSR count). The van der Waals surface area contributed by atoms with Crippen LogP contribution in [-0.4, -0.2) is 6.10 Å². The maximum Gasteiger partial charge on any atom is 0.123 e. The first-order chi connectivity index (χ1) is 9.97. The fraction of sp³-hybridized carbons (Fsp3) is 0.188. The summed E-state index contributed by atoms with van der Waals surface area (Å²) in [5, 5.41) is 12.5. The summed E-state index contributed by atoms with van der Waals surface area (Å²) in [5.41, 5.74) is 8.47. The fourth-order valence-corrected chi connectivity index (χ4v) is 2.10. The van der Waals surface area contributed by atoms with Crippen molar-refractivity contribution in [3.05, 3.63) is 47.0 Å². The van der Waals surface area contributed by atoms with Gasteiger partial charge in [0.05, 0.1) is 28.4 Å². The van der Waals surface area contributed by atoms with Crippen molar-refractivity contribution in [3.8, 4) is 11.8 Å². The number of ether oxygens (including phenoxy) is 1. The third kappa shape index (κ3) is 4.04. The van der Waals surface area contributed by atoms with E-state index in [1.165, 1.54) is 0 Å². The highest BCUT2D eigenvalue weighted by molar-refractivity contribution is 6.33. The Balaban J connectivity index is 2.27. The maximum atomic E-state index is 8.84. The second kappa shape index (κ2) is 6.38. The first-order valence-corrected chi connectivity index (χ1v) is 6.89. The predicted octanol–water partition coefficient (Wildman–Crippen LogP) is 4.32. The number of rotatable bonds is 4. The zero-order valence-corrected chi connectivity index (χ0v) is 12.6. The van der Waals surface area contributed by atoms with E-state index in [1.807, 2.05) is 26.0 Å². The van der Waals surface area contributed by atoms with Gasteiger partial charge in [0, 0.05) is 23.5 Å². The van der Waals surface area contributed by atoms with Gasteiger partial charge in [0.15, 0.2) is 0 Å². The molecule has 0 spiro atoms. The summed E-state index contributed by atoms with van der Waals surface area (Å²) in [7, 11) is 0. The third-order valence-electron chi connectivity index (χ3n) is 2.68. The van der Waals surface area contributed by atoms with Gasteiger partial charge in [-0.2, -0.15) is 5.26 Å². The van der Waals surface area contributed by atoms with E-state index >= 15 is 0 Å². The Morgan fingerprint density at radius 2 is 2.00 bits per heavy atom. The summed E-state index contributed by atoms with van der Waals surface area (Å²) in [6.45, 7) is 3.90. The smallest absolute Gasteiger partial charge is 0.123 e. The second-order valence-electron chi connectivity index (χ2n) is 4.89. The van der Waals surface area contributed by atoms with E-state index in [9.17, 15) is 0 Å². The van der Waals surface area contributed by atoms with E-state index in [0.29, 0.717) is 27.7 Å². The molecule has 0 saturated heterocycles. The molecule has 0 heterocycles. The Morgan fingerprint density at radius 1 is 1.24 bits per heavy atom. The molecular weight excluding hydrogens is 286 g/mol. The molecule has 0 bridgehead atoms. The summed E-state index contributed by atoms with van der Waals surface area (Å²) < 4.78 is 5.64. The van der Waals surface area contributed by atoms with Crippen molar-refractivity contribution >= 4 is 28.7 Å². The molecular formula is C16H16ClN3O. The zero-order chi connectivity index (χ0) is 15.4. The van der Waals surface area contributed by atoms with Crippen LogP contribution in [0.15, 0.2) is 36.4 Å². The molecule has 21 heavy (non-hydrogen) atoms. The molecule has 0 fully saturated rings. The predicted molar refractivity (Wildman–Crippen MR) is 86.1 cm³/mol. The van der Waals surface area contributed by atoms with Crippen molar-refractivity contribution < 1.29 is 4.74 Å². The third-order valence-corrected chi connectivity index (χ3v) is 2.99. The van der Waals surface area contributed by atoms with Crippen LogP contribution in [0.25, 0.3) is 0 Å². The fourth-order valence-electron chi connectivity index (χ4n) is 1.88. The quantitative estimate of drug-likeness (QED) is 0.825. The molecule has 0 aromatic heterocycles. The zero-order valence-electron chi connectivity index (χ0n) is 11.9. The number of hydrogen-bond donors (Lipinski definition) is 2. The van der Waals surface area contributed by atoms with Crippen molar-refractivity contribution in [3.63, 3.8) is 0 Å². The molecule has 0 unspecified atom stereocenters. The van der Waals surface area contributed by atoms with E-state index in [4.69, 9.17) is 27.3 Å². The van der Waals surface area contributed by atoms with E-state index in [-0.39, 0.29) is 6.10 Å². The van der Waals surface area contributed by atoms with Gasteiger partial charge >= 0.3 is 0 Å². The van der Waals surface area contributed by atoms with Gasteiger partial charge in [0.2, 0.25) is 0 Å². The highest BCUT2D eigenvalue weighted by Crippen LogP contribution is 2.30. The van der Waals surface area contributed by atoms with Gasteiger partial charge in [-0.15, -0.1) is 0 Å². The van der Waals surface area contributed by atoms with Crippen LogP contribution in [0.1, 0.15) is 19.4 Å². The lowest BCUT2D eigenvalue weighted by molar-refractivity contribution is 0.242. The summed E-state index contributed by atoms with van der Waals surface area (Å²) in [4.78, 5) is 0. The Labute approximate surface area is 129 Å². The Bertz CT molecular complexity index is 692. The van der Waals surface area contributed by atoms with Gasteiger partial charge in [0.1, 0.15) is 5.75 Å². The lowest BCUT2D eigenvalue weighted by atomic mass is 10.2. The molecule has 0 saturated carbocycles. The standard InChI is InChI=1S/C16H16ClN3O/c1-10(2)21-14-7-12(19)6-13(8-14)20-16-4-3-11(9-18)5-15(16)17/h3-8,10,20H,19H2,1-2H3. The number of benzene rings is 2. The monoisotopic (exact) mass is 301 g/mol. The average molecular weight is 302 g/mol. The van der Waals surface area contributed by atoms with Crippen LogP contribution in [-0.2, 0) is 0 Å². The van der Waals surface area contributed by atoms with Gasteiger partial charge < -0.3 is 15.8 Å². The molecule has 2 aromatic rings. The van der Waals surface area contributed by atoms with Crippen LogP contribution >= 0.6 is 11.6 Å². The molecule has 0 amide bonds. The molecule has 0 aliphatic heterocycles. The number of anilines is 3. The van der Waals surface area contributed by atoms with Crippen LogP contribution in [0.3, 0.4) is 0 Å². The van der Waals surface area contributed by atoms with Crippen molar-refractivity contribution in [2.24, 2.45) is 0 Å². The molecule has 4 nitrogen and oxygen atoms in total. The van der Waals surface area contributed by atoms with Crippen LogP contribution in [0.5, 0.6) is 5.75 Å². The largest absolute Gasteiger partial charge is 0.491 e. The number of nitrogens with one attached hydrogen (secondary N) is 1. The van der Waals surface area contributed by atoms with Crippen LogP contribution in [0.4, 0.5) is 17.1 Å². The van der Waals surface area contributed by atoms with Gasteiger partial charge in [-0.3, -0.25) is 0 Å². The number of nitrogen functional groups attached to an aromatic ring is 1. The minimum atomic E-state index is 0.0677. The lowest BCUT2D eigenvalue weighted by Gasteiger charge is -2.14. The van der Waals surface area contributed by atoms with Crippen molar-refractivity contribution in [1.82, 2.24) is 0 Å². The Morgan fingerprint density at radius 3 is 2.62 bits per heavy atom. The number of nitrogens with zero attached hydrogens (tertiary/aromatic N) is 1.